The molecule has 0 fully saturated rings. The number of H-pyrrole nitrogens is 1. The summed E-state index contributed by atoms with van der Waals surface area (Å²) in [4.78, 5) is 42.2. The maximum Gasteiger partial charge on any atom is 0.330 e. The van der Waals surface area contributed by atoms with Gasteiger partial charge in [0.25, 0.3) is 11.5 Å². The Morgan fingerprint density at radius 3 is 2.42 bits per heavy atom. The first-order chi connectivity index (χ1) is 15.6. The van der Waals surface area contributed by atoms with Gasteiger partial charge in [-0.15, -0.1) is 0 Å². The molecule has 10 heteroatoms. The van der Waals surface area contributed by atoms with Gasteiger partial charge >= 0.3 is 5.69 Å². The Hall–Kier alpha value is -3.66. The zero-order valence-corrected chi connectivity index (χ0v) is 19.3. The Bertz CT molecular complexity index is 1380. The lowest BCUT2D eigenvalue weighted by molar-refractivity contribution is 0.0984. The van der Waals surface area contributed by atoms with Crippen LogP contribution in [0.3, 0.4) is 0 Å². The van der Waals surface area contributed by atoms with E-state index in [1.165, 1.54) is 33.7 Å². The Balaban J connectivity index is 2.19. The van der Waals surface area contributed by atoms with Crippen molar-refractivity contribution in [2.75, 3.05) is 16.9 Å². The van der Waals surface area contributed by atoms with Crippen LogP contribution in [-0.4, -0.2) is 30.1 Å². The number of hydrogen-bond donors (Lipinski definition) is 2. The lowest BCUT2D eigenvalue weighted by atomic mass is 10.1. The van der Waals surface area contributed by atoms with Crippen molar-refractivity contribution in [1.29, 1.82) is 0 Å². The molecule has 1 aromatic heterocycles. The predicted molar refractivity (Wildman–Crippen MR) is 127 cm³/mol. The van der Waals surface area contributed by atoms with Gasteiger partial charge in [-0.3, -0.25) is 24.0 Å². The first-order valence-electron chi connectivity index (χ1n) is 10.4. The van der Waals surface area contributed by atoms with E-state index in [1.807, 2.05) is 13.0 Å². The van der Waals surface area contributed by atoms with Gasteiger partial charge in [-0.1, -0.05) is 49.7 Å². The number of carbonyl (C=O) groups is 1. The average molecular weight is 471 g/mol. The molecule has 2 aromatic carbocycles. The second-order valence-corrected chi connectivity index (χ2v) is 9.69. The van der Waals surface area contributed by atoms with Gasteiger partial charge in [-0.05, 0) is 30.2 Å². The monoisotopic (exact) mass is 470 g/mol. The maximum atomic E-state index is 13.6. The topological polar surface area (TPSA) is 135 Å². The van der Waals surface area contributed by atoms with Crippen LogP contribution < -0.4 is 21.9 Å². The van der Waals surface area contributed by atoms with Crippen molar-refractivity contribution in [3.05, 3.63) is 86.6 Å². The minimum absolute atomic E-state index is 0.0119. The summed E-state index contributed by atoms with van der Waals surface area (Å²) in [6.07, 6.45) is 2.49. The smallest absolute Gasteiger partial charge is 0.330 e. The third kappa shape index (κ3) is 5.40. The normalized spacial score (nSPS) is 11.3. The van der Waals surface area contributed by atoms with Gasteiger partial charge < -0.3 is 5.73 Å². The first-order valence-corrected chi connectivity index (χ1v) is 12.3. The van der Waals surface area contributed by atoms with E-state index in [9.17, 15) is 22.8 Å². The van der Waals surface area contributed by atoms with Crippen molar-refractivity contribution in [3.8, 4) is 0 Å². The second-order valence-electron chi connectivity index (χ2n) is 7.68. The number of rotatable bonds is 8. The highest BCUT2D eigenvalue weighted by Gasteiger charge is 2.26. The molecule has 0 saturated carbocycles. The summed E-state index contributed by atoms with van der Waals surface area (Å²) < 4.78 is 25.2. The zero-order chi connectivity index (χ0) is 24.2. The number of anilines is 2. The quantitative estimate of drug-likeness (QED) is 0.518. The standard InChI is InChI=1S/C23H26N4O5S/c1-3-4-13-26-20(24)19(21(28)25-23(26)30)27(15-16-9-6-5-7-10-16)22(29)17-11-8-12-18(14-17)33(2,31)32/h5-12,14H,3-4,13,15,24H2,1-2H3,(H,25,28,30). The Labute approximate surface area is 191 Å². The second kappa shape index (κ2) is 9.86. The lowest BCUT2D eigenvalue weighted by Gasteiger charge is -2.25. The molecule has 0 bridgehead atoms. The molecule has 0 aliphatic rings. The maximum absolute atomic E-state index is 13.6. The third-order valence-corrected chi connectivity index (χ3v) is 6.27. The number of benzene rings is 2. The molecule has 0 atom stereocenters. The minimum Gasteiger partial charge on any atom is -0.383 e. The van der Waals surface area contributed by atoms with Crippen molar-refractivity contribution in [3.63, 3.8) is 0 Å². The van der Waals surface area contributed by atoms with E-state index >= 15 is 0 Å². The molecule has 1 heterocycles. The van der Waals surface area contributed by atoms with Gasteiger partial charge in [0, 0.05) is 18.4 Å². The van der Waals surface area contributed by atoms with Crippen LogP contribution in [0.4, 0.5) is 11.5 Å². The van der Waals surface area contributed by atoms with Crippen LogP contribution in [0.2, 0.25) is 0 Å². The molecule has 0 radical (unpaired) electrons. The van der Waals surface area contributed by atoms with E-state index in [0.717, 1.165) is 18.2 Å². The zero-order valence-electron chi connectivity index (χ0n) is 18.4. The summed E-state index contributed by atoms with van der Waals surface area (Å²) in [6, 6.07) is 14.5. The van der Waals surface area contributed by atoms with Crippen LogP contribution in [0.15, 0.2) is 69.1 Å². The van der Waals surface area contributed by atoms with Crippen molar-refractivity contribution < 1.29 is 13.2 Å². The minimum atomic E-state index is -3.56. The van der Waals surface area contributed by atoms with Crippen LogP contribution in [0, 0.1) is 0 Å². The van der Waals surface area contributed by atoms with Gasteiger partial charge in [0.2, 0.25) is 0 Å². The first kappa shape index (κ1) is 24.0. The number of nitrogens with zero attached hydrogens (tertiary/aromatic N) is 2. The van der Waals surface area contributed by atoms with E-state index in [4.69, 9.17) is 5.73 Å². The lowest BCUT2D eigenvalue weighted by Crippen LogP contribution is -2.41. The summed E-state index contributed by atoms with van der Waals surface area (Å²) in [7, 11) is -3.56. The highest BCUT2D eigenvalue weighted by molar-refractivity contribution is 7.90. The number of amides is 1. The van der Waals surface area contributed by atoms with Crippen molar-refractivity contribution in [2.24, 2.45) is 0 Å². The molecular formula is C23H26N4O5S. The van der Waals surface area contributed by atoms with Gasteiger partial charge in [0.05, 0.1) is 11.4 Å². The number of nitrogen functional groups attached to an aromatic ring is 1. The largest absolute Gasteiger partial charge is 0.383 e. The van der Waals surface area contributed by atoms with Crippen molar-refractivity contribution in [2.45, 2.75) is 37.8 Å². The van der Waals surface area contributed by atoms with Gasteiger partial charge in [-0.2, -0.15) is 0 Å². The molecule has 0 aliphatic heterocycles. The number of nitrogens with two attached hydrogens (primary N) is 1. The number of nitrogens with one attached hydrogen (secondary N) is 1. The molecule has 0 spiro atoms. The summed E-state index contributed by atoms with van der Waals surface area (Å²) in [5.74, 6) is -0.747. The molecule has 3 aromatic rings. The van der Waals surface area contributed by atoms with Crippen LogP contribution >= 0.6 is 0 Å². The molecule has 1 amide bonds. The van der Waals surface area contributed by atoms with Crippen molar-refractivity contribution in [1.82, 2.24) is 9.55 Å². The van der Waals surface area contributed by atoms with E-state index in [1.54, 1.807) is 24.3 Å². The van der Waals surface area contributed by atoms with Gasteiger partial charge in [0.15, 0.2) is 15.5 Å². The molecule has 3 N–H and O–H groups in total. The Morgan fingerprint density at radius 2 is 1.79 bits per heavy atom. The molecule has 33 heavy (non-hydrogen) atoms. The molecule has 0 saturated heterocycles. The van der Waals surface area contributed by atoms with E-state index in [2.05, 4.69) is 4.98 Å². The van der Waals surface area contributed by atoms with Gasteiger partial charge in [0.1, 0.15) is 5.82 Å². The summed E-state index contributed by atoms with van der Waals surface area (Å²) in [5, 5.41) is 0. The van der Waals surface area contributed by atoms with Crippen LogP contribution in [0.25, 0.3) is 0 Å². The summed E-state index contributed by atoms with van der Waals surface area (Å²) >= 11 is 0. The molecular weight excluding hydrogens is 444 g/mol. The fourth-order valence-corrected chi connectivity index (χ4v) is 4.08. The van der Waals surface area contributed by atoms with Gasteiger partial charge in [-0.25, -0.2) is 13.2 Å². The number of unbranched alkanes of at least 4 members (excludes halogenated alkanes) is 1. The van der Waals surface area contributed by atoms with E-state index in [0.29, 0.717) is 6.42 Å². The highest BCUT2D eigenvalue weighted by Crippen LogP contribution is 2.23. The third-order valence-electron chi connectivity index (χ3n) is 5.16. The summed E-state index contributed by atoms with van der Waals surface area (Å²) in [5.41, 5.74) is 5.42. The fraction of sp³-hybridized carbons (Fsp3) is 0.261. The van der Waals surface area contributed by atoms with Crippen molar-refractivity contribution >= 4 is 27.2 Å². The average Bonchev–Trinajstić information content (AvgIpc) is 2.78. The number of aromatic nitrogens is 2. The SMILES string of the molecule is CCCCn1c(N)c(N(Cc2ccccc2)C(=O)c2cccc(S(C)(=O)=O)c2)c(=O)[nH]c1=O. The van der Waals surface area contributed by atoms with E-state index < -0.39 is 27.0 Å². The number of sulfone groups is 1. The Morgan fingerprint density at radius 1 is 1.09 bits per heavy atom. The number of hydrogen-bond acceptors (Lipinski definition) is 6. The molecule has 3 rings (SSSR count). The molecule has 0 unspecified atom stereocenters. The van der Waals surface area contributed by atoms with Crippen LogP contribution in [0.5, 0.6) is 0 Å². The predicted octanol–water partition coefficient (Wildman–Crippen LogP) is 2.17. The van der Waals surface area contributed by atoms with Crippen LogP contribution in [0.1, 0.15) is 35.7 Å². The molecule has 174 valence electrons. The highest BCUT2D eigenvalue weighted by atomic mass is 32.2. The van der Waals surface area contributed by atoms with Crippen LogP contribution in [-0.2, 0) is 22.9 Å². The fourth-order valence-electron chi connectivity index (χ4n) is 3.41. The number of carbonyl (C=O) groups excluding carboxylic acids is 1. The van der Waals surface area contributed by atoms with E-state index in [-0.39, 0.29) is 35.1 Å². The number of aromatic amines is 1. The molecule has 0 aliphatic carbocycles. The molecule has 9 nitrogen and oxygen atoms in total. The Kier molecular flexibility index (Phi) is 7.17. The summed E-state index contributed by atoms with van der Waals surface area (Å²) in [6.45, 7) is 2.22.